The molecule has 2 aromatic carbocycles. The predicted octanol–water partition coefficient (Wildman–Crippen LogP) is 3.56. The van der Waals surface area contributed by atoms with Crippen LogP contribution in [0, 0.1) is 13.8 Å². The zero-order chi connectivity index (χ0) is 18.3. The van der Waals surface area contributed by atoms with E-state index in [9.17, 15) is 4.79 Å². The SMILES string of the molecule is Cc1nc2ccc(C(=O)NC3CCN(C)c4ccccc43)cc2nc1C. The Morgan fingerprint density at radius 1 is 1.08 bits per heavy atom. The molecule has 0 bridgehead atoms. The summed E-state index contributed by atoms with van der Waals surface area (Å²) in [5.74, 6) is -0.0729. The highest BCUT2D eigenvalue weighted by atomic mass is 16.1. The van der Waals surface area contributed by atoms with Gasteiger partial charge in [-0.1, -0.05) is 18.2 Å². The first-order valence-corrected chi connectivity index (χ1v) is 8.89. The van der Waals surface area contributed by atoms with E-state index in [2.05, 4.69) is 39.4 Å². The number of hydrogen-bond donors (Lipinski definition) is 1. The standard InChI is InChI=1S/C21H22N4O/c1-13-14(2)23-19-12-15(8-9-18(19)22-13)21(26)24-17-10-11-25(3)20-7-5-4-6-16(17)20/h4-9,12,17H,10-11H2,1-3H3,(H,24,26). The van der Waals surface area contributed by atoms with Crippen molar-refractivity contribution in [3.05, 3.63) is 65.0 Å². The fraction of sp³-hybridized carbons (Fsp3) is 0.286. The highest BCUT2D eigenvalue weighted by Gasteiger charge is 2.24. The molecule has 1 N–H and O–H groups in total. The Morgan fingerprint density at radius 3 is 2.62 bits per heavy atom. The number of benzene rings is 2. The number of hydrogen-bond acceptors (Lipinski definition) is 4. The molecule has 3 aromatic rings. The van der Waals surface area contributed by atoms with Crippen LogP contribution in [0.2, 0.25) is 0 Å². The number of para-hydroxylation sites is 1. The van der Waals surface area contributed by atoms with Gasteiger partial charge in [0.15, 0.2) is 0 Å². The number of fused-ring (bicyclic) bond motifs is 2. The van der Waals surface area contributed by atoms with Gasteiger partial charge in [0, 0.05) is 24.8 Å². The number of nitrogens with zero attached hydrogens (tertiary/aromatic N) is 3. The number of amides is 1. The number of aromatic nitrogens is 2. The van der Waals surface area contributed by atoms with Gasteiger partial charge < -0.3 is 10.2 Å². The summed E-state index contributed by atoms with van der Waals surface area (Å²) in [7, 11) is 2.09. The Bertz CT molecular complexity index is 998. The van der Waals surface area contributed by atoms with Gasteiger partial charge in [0.05, 0.1) is 28.5 Å². The Balaban J connectivity index is 1.62. The number of carbonyl (C=O) groups excluding carboxylic acids is 1. The summed E-state index contributed by atoms with van der Waals surface area (Å²) in [6.07, 6.45) is 0.894. The van der Waals surface area contributed by atoms with Crippen molar-refractivity contribution < 1.29 is 4.79 Å². The largest absolute Gasteiger partial charge is 0.374 e. The summed E-state index contributed by atoms with van der Waals surface area (Å²) < 4.78 is 0. The fourth-order valence-electron chi connectivity index (χ4n) is 3.49. The second kappa shape index (κ2) is 6.41. The van der Waals surface area contributed by atoms with Gasteiger partial charge in [0.2, 0.25) is 0 Å². The van der Waals surface area contributed by atoms with E-state index >= 15 is 0 Å². The van der Waals surface area contributed by atoms with Crippen molar-refractivity contribution in [3.8, 4) is 0 Å². The molecule has 1 unspecified atom stereocenters. The molecule has 0 fully saturated rings. The van der Waals surface area contributed by atoms with Gasteiger partial charge in [-0.15, -0.1) is 0 Å². The molecule has 0 saturated carbocycles. The van der Waals surface area contributed by atoms with Gasteiger partial charge in [-0.3, -0.25) is 4.79 Å². The highest BCUT2D eigenvalue weighted by molar-refractivity contribution is 5.97. The monoisotopic (exact) mass is 346 g/mol. The zero-order valence-corrected chi connectivity index (χ0v) is 15.3. The summed E-state index contributed by atoms with van der Waals surface area (Å²) in [5.41, 5.74) is 6.34. The van der Waals surface area contributed by atoms with Crippen LogP contribution >= 0.6 is 0 Å². The first-order chi connectivity index (χ1) is 12.5. The molecule has 1 atom stereocenters. The van der Waals surface area contributed by atoms with Crippen LogP contribution in [0.5, 0.6) is 0 Å². The van der Waals surface area contributed by atoms with Crippen LogP contribution in [0.3, 0.4) is 0 Å². The van der Waals surface area contributed by atoms with E-state index in [4.69, 9.17) is 0 Å². The molecular formula is C21H22N4O. The van der Waals surface area contributed by atoms with E-state index in [0.29, 0.717) is 5.56 Å². The molecule has 0 spiro atoms. The summed E-state index contributed by atoms with van der Waals surface area (Å²) in [6, 6.07) is 13.8. The number of nitrogens with one attached hydrogen (secondary N) is 1. The molecule has 1 aromatic heterocycles. The zero-order valence-electron chi connectivity index (χ0n) is 15.3. The molecule has 5 nitrogen and oxygen atoms in total. The van der Waals surface area contributed by atoms with Crippen LogP contribution in [-0.2, 0) is 0 Å². The number of anilines is 1. The average Bonchev–Trinajstić information content (AvgIpc) is 2.65. The second-order valence-corrected chi connectivity index (χ2v) is 6.89. The molecule has 0 saturated heterocycles. The van der Waals surface area contributed by atoms with Crippen molar-refractivity contribution in [1.29, 1.82) is 0 Å². The first kappa shape index (κ1) is 16.5. The van der Waals surface area contributed by atoms with Crippen LogP contribution in [-0.4, -0.2) is 29.5 Å². The number of rotatable bonds is 2. The van der Waals surface area contributed by atoms with Crippen molar-refractivity contribution in [2.45, 2.75) is 26.3 Å². The third-order valence-corrected chi connectivity index (χ3v) is 5.12. The van der Waals surface area contributed by atoms with Crippen LogP contribution in [0.1, 0.15) is 39.8 Å². The normalized spacial score (nSPS) is 16.4. The van der Waals surface area contributed by atoms with E-state index in [1.165, 1.54) is 11.3 Å². The maximum atomic E-state index is 12.8. The summed E-state index contributed by atoms with van der Waals surface area (Å²) >= 11 is 0. The summed E-state index contributed by atoms with van der Waals surface area (Å²) in [4.78, 5) is 24.1. The van der Waals surface area contributed by atoms with Crippen molar-refractivity contribution in [1.82, 2.24) is 15.3 Å². The lowest BCUT2D eigenvalue weighted by Gasteiger charge is -2.33. The number of aryl methyl sites for hydroxylation is 2. The molecule has 5 heteroatoms. The van der Waals surface area contributed by atoms with Crippen molar-refractivity contribution in [2.75, 3.05) is 18.5 Å². The minimum Gasteiger partial charge on any atom is -0.374 e. The quantitative estimate of drug-likeness (QED) is 0.771. The Morgan fingerprint density at radius 2 is 1.81 bits per heavy atom. The lowest BCUT2D eigenvalue weighted by atomic mass is 9.96. The molecule has 0 aliphatic carbocycles. The van der Waals surface area contributed by atoms with E-state index < -0.39 is 0 Å². The summed E-state index contributed by atoms with van der Waals surface area (Å²) in [5, 5.41) is 3.19. The molecule has 2 heterocycles. The van der Waals surface area contributed by atoms with E-state index in [1.807, 2.05) is 44.2 Å². The number of carbonyl (C=O) groups is 1. The second-order valence-electron chi connectivity index (χ2n) is 6.89. The molecule has 4 rings (SSSR count). The molecular weight excluding hydrogens is 324 g/mol. The molecule has 26 heavy (non-hydrogen) atoms. The van der Waals surface area contributed by atoms with Crippen LogP contribution in [0.4, 0.5) is 5.69 Å². The fourth-order valence-corrected chi connectivity index (χ4v) is 3.49. The molecule has 1 aliphatic heterocycles. The average molecular weight is 346 g/mol. The van der Waals surface area contributed by atoms with E-state index in [1.54, 1.807) is 0 Å². The molecule has 1 amide bonds. The van der Waals surface area contributed by atoms with Gasteiger partial charge in [-0.2, -0.15) is 0 Å². The Kier molecular flexibility index (Phi) is 4.07. The molecule has 1 aliphatic rings. The molecule has 0 radical (unpaired) electrons. The maximum Gasteiger partial charge on any atom is 0.251 e. The van der Waals surface area contributed by atoms with Crippen LogP contribution < -0.4 is 10.2 Å². The first-order valence-electron chi connectivity index (χ1n) is 8.89. The van der Waals surface area contributed by atoms with Gasteiger partial charge in [0.25, 0.3) is 5.91 Å². The minimum atomic E-state index is -0.0729. The van der Waals surface area contributed by atoms with Crippen molar-refractivity contribution in [3.63, 3.8) is 0 Å². The van der Waals surface area contributed by atoms with Crippen molar-refractivity contribution in [2.24, 2.45) is 0 Å². The van der Waals surface area contributed by atoms with E-state index in [0.717, 1.165) is 35.4 Å². The lowest BCUT2D eigenvalue weighted by molar-refractivity contribution is 0.0934. The predicted molar refractivity (Wildman–Crippen MR) is 104 cm³/mol. The third kappa shape index (κ3) is 2.90. The summed E-state index contributed by atoms with van der Waals surface area (Å²) in [6.45, 7) is 4.80. The Hall–Kier alpha value is -2.95. The smallest absolute Gasteiger partial charge is 0.251 e. The maximum absolute atomic E-state index is 12.8. The van der Waals surface area contributed by atoms with Crippen molar-refractivity contribution >= 4 is 22.6 Å². The van der Waals surface area contributed by atoms with Gasteiger partial charge in [0.1, 0.15) is 0 Å². The highest BCUT2D eigenvalue weighted by Crippen LogP contribution is 2.32. The minimum absolute atomic E-state index is 0.0245. The van der Waals surface area contributed by atoms with Crippen LogP contribution in [0.25, 0.3) is 11.0 Å². The Labute approximate surface area is 153 Å². The topological polar surface area (TPSA) is 58.1 Å². The van der Waals surface area contributed by atoms with Gasteiger partial charge in [-0.25, -0.2) is 9.97 Å². The van der Waals surface area contributed by atoms with Crippen LogP contribution in [0.15, 0.2) is 42.5 Å². The van der Waals surface area contributed by atoms with Gasteiger partial charge >= 0.3 is 0 Å². The molecule has 132 valence electrons. The third-order valence-electron chi connectivity index (χ3n) is 5.12. The van der Waals surface area contributed by atoms with Gasteiger partial charge in [-0.05, 0) is 50.1 Å². The van der Waals surface area contributed by atoms with E-state index in [-0.39, 0.29) is 11.9 Å². The lowest BCUT2D eigenvalue weighted by Crippen LogP contribution is -2.36.